The average Bonchev–Trinajstić information content (AvgIpc) is 2.85. The van der Waals surface area contributed by atoms with E-state index < -0.39 is 0 Å². The second kappa shape index (κ2) is 9.52. The molecular formula is C30H28N2O2. The molecule has 4 nitrogen and oxygen atoms in total. The minimum atomic E-state index is -0.347. The fraction of sp³-hybridized carbons (Fsp3) is 0.200. The molecular weight excluding hydrogens is 420 g/mol. The van der Waals surface area contributed by atoms with E-state index >= 15 is 0 Å². The smallest absolute Gasteiger partial charge is 0.269 e. The molecule has 0 unspecified atom stereocenters. The maximum atomic E-state index is 10.9. The van der Waals surface area contributed by atoms with Crippen LogP contribution in [0.25, 0.3) is 11.1 Å². The number of benzene rings is 4. The molecule has 4 aromatic rings. The topological polar surface area (TPSA) is 69.2 Å². The second-order valence-electron chi connectivity index (χ2n) is 9.14. The number of nitro benzene ring substituents is 1. The van der Waals surface area contributed by atoms with E-state index in [9.17, 15) is 10.1 Å². The number of nitro groups is 1. The predicted octanol–water partition coefficient (Wildman–Crippen LogP) is 6.51. The molecule has 8 rings (SSSR count). The monoisotopic (exact) mass is 448 g/mol. The Kier molecular flexibility index (Phi) is 6.13. The molecule has 34 heavy (non-hydrogen) atoms. The Bertz CT molecular complexity index is 1330. The maximum absolute atomic E-state index is 10.9. The Morgan fingerprint density at radius 1 is 0.706 bits per heavy atom. The molecule has 0 aromatic heterocycles. The number of hydrogen-bond acceptors (Lipinski definition) is 3. The molecule has 2 N–H and O–H groups in total. The van der Waals surface area contributed by atoms with Crippen molar-refractivity contribution in [2.75, 3.05) is 5.73 Å². The third kappa shape index (κ3) is 4.86. The summed E-state index contributed by atoms with van der Waals surface area (Å²) in [5.41, 5.74) is 17.4. The van der Waals surface area contributed by atoms with Crippen molar-refractivity contribution in [1.29, 1.82) is 0 Å². The summed E-state index contributed by atoms with van der Waals surface area (Å²) in [6.45, 7) is 0. The van der Waals surface area contributed by atoms with Gasteiger partial charge < -0.3 is 5.73 Å². The lowest BCUT2D eigenvalue weighted by molar-refractivity contribution is -0.384. The third-order valence-corrected chi connectivity index (χ3v) is 6.86. The van der Waals surface area contributed by atoms with Crippen molar-refractivity contribution >= 4 is 11.4 Å². The molecule has 4 aliphatic rings. The van der Waals surface area contributed by atoms with Gasteiger partial charge in [-0.25, -0.2) is 0 Å². The normalized spacial score (nSPS) is 12.8. The van der Waals surface area contributed by atoms with E-state index in [4.69, 9.17) is 5.73 Å². The zero-order valence-corrected chi connectivity index (χ0v) is 19.2. The van der Waals surface area contributed by atoms with Crippen LogP contribution >= 0.6 is 0 Å². The van der Waals surface area contributed by atoms with Crippen molar-refractivity contribution in [2.24, 2.45) is 0 Å². The van der Waals surface area contributed by atoms with Crippen LogP contribution in [0.15, 0.2) is 84.9 Å². The zero-order valence-electron chi connectivity index (χ0n) is 19.2. The van der Waals surface area contributed by atoms with Gasteiger partial charge >= 0.3 is 0 Å². The highest BCUT2D eigenvalue weighted by molar-refractivity contribution is 5.70. The minimum Gasteiger partial charge on any atom is -0.399 e. The highest BCUT2D eigenvalue weighted by atomic mass is 16.6. The molecule has 4 heteroatoms. The molecule has 0 saturated heterocycles. The van der Waals surface area contributed by atoms with Crippen molar-refractivity contribution in [2.45, 2.75) is 38.5 Å². The standard InChI is InChI=1S/C30H28N2O2/c31-28-15-13-26(14-16-28)30-20-23-3-9-24-8-2-22(4-10-25(30)11-5-23)19-27(24)12-1-21-6-17-29(18-7-21)32(33)34/h2,5-8,11,13-20H,1,3-4,9-10,12,31H2. The zero-order chi connectivity index (χ0) is 23.5. The fourth-order valence-electron chi connectivity index (χ4n) is 4.86. The highest BCUT2D eigenvalue weighted by Crippen LogP contribution is 2.29. The van der Waals surface area contributed by atoms with E-state index in [0.29, 0.717) is 0 Å². The van der Waals surface area contributed by atoms with Gasteiger partial charge in [-0.2, -0.15) is 0 Å². The molecule has 4 aliphatic carbocycles. The van der Waals surface area contributed by atoms with Crippen LogP contribution in [0.5, 0.6) is 0 Å². The summed E-state index contributed by atoms with van der Waals surface area (Å²) in [5.74, 6) is 0. The number of non-ortho nitro benzene ring substituents is 1. The van der Waals surface area contributed by atoms with E-state index in [0.717, 1.165) is 49.8 Å². The Balaban J connectivity index is 1.38. The summed E-state index contributed by atoms with van der Waals surface area (Å²) in [6, 6.07) is 29.0. The van der Waals surface area contributed by atoms with Crippen molar-refractivity contribution in [3.63, 3.8) is 0 Å². The SMILES string of the molecule is Nc1ccc(-c2cc3ccc2CCc2ccc(c(CCc4ccc([N+](=O)[O-])cc4)c2)CC3)cc1. The van der Waals surface area contributed by atoms with Crippen LogP contribution < -0.4 is 5.73 Å². The molecule has 170 valence electrons. The molecule has 0 heterocycles. The summed E-state index contributed by atoms with van der Waals surface area (Å²) in [4.78, 5) is 10.6. The summed E-state index contributed by atoms with van der Waals surface area (Å²) >= 11 is 0. The summed E-state index contributed by atoms with van der Waals surface area (Å²) in [6.07, 6.45) is 5.79. The highest BCUT2D eigenvalue weighted by Gasteiger charge is 2.12. The first-order chi connectivity index (χ1) is 16.5. The van der Waals surface area contributed by atoms with E-state index in [1.165, 1.54) is 38.9 Å². The lowest BCUT2D eigenvalue weighted by atomic mass is 9.88. The van der Waals surface area contributed by atoms with Gasteiger partial charge in [0, 0.05) is 17.8 Å². The fourth-order valence-corrected chi connectivity index (χ4v) is 4.86. The number of nitrogens with two attached hydrogens (primary N) is 1. The Hall–Kier alpha value is -3.92. The first kappa shape index (κ1) is 21.9. The first-order valence-corrected chi connectivity index (χ1v) is 11.9. The van der Waals surface area contributed by atoms with E-state index in [1.807, 2.05) is 24.3 Å². The number of anilines is 1. The van der Waals surface area contributed by atoms with Crippen LogP contribution in [0.1, 0.15) is 33.4 Å². The summed E-state index contributed by atoms with van der Waals surface area (Å²) in [7, 11) is 0. The molecule has 4 aromatic carbocycles. The molecule has 0 radical (unpaired) electrons. The predicted molar refractivity (Wildman–Crippen MR) is 138 cm³/mol. The molecule has 0 amide bonds. The number of aryl methyl sites for hydroxylation is 6. The van der Waals surface area contributed by atoms with Crippen molar-refractivity contribution in [3.05, 3.63) is 128 Å². The Labute approximate surface area is 200 Å². The van der Waals surface area contributed by atoms with Crippen LogP contribution in [0.4, 0.5) is 11.4 Å². The minimum absolute atomic E-state index is 0.143. The summed E-state index contributed by atoms with van der Waals surface area (Å²) in [5, 5.41) is 10.9. The second-order valence-corrected chi connectivity index (χ2v) is 9.14. The van der Waals surface area contributed by atoms with Gasteiger partial charge in [-0.05, 0) is 95.2 Å². The quantitative estimate of drug-likeness (QED) is 0.215. The molecule has 0 atom stereocenters. The van der Waals surface area contributed by atoms with Crippen LogP contribution in [-0.2, 0) is 38.5 Å². The lowest BCUT2D eigenvalue weighted by Gasteiger charge is -2.17. The van der Waals surface area contributed by atoms with Gasteiger partial charge in [0.2, 0.25) is 0 Å². The van der Waals surface area contributed by atoms with Gasteiger partial charge in [0.15, 0.2) is 0 Å². The number of rotatable bonds is 5. The van der Waals surface area contributed by atoms with Crippen LogP contribution in [-0.4, -0.2) is 4.92 Å². The van der Waals surface area contributed by atoms with Crippen LogP contribution in [0, 0.1) is 10.1 Å². The van der Waals surface area contributed by atoms with Crippen molar-refractivity contribution in [3.8, 4) is 11.1 Å². The molecule has 0 aliphatic heterocycles. The van der Waals surface area contributed by atoms with Gasteiger partial charge in [0.25, 0.3) is 5.69 Å². The Morgan fingerprint density at radius 2 is 1.35 bits per heavy atom. The van der Waals surface area contributed by atoms with Gasteiger partial charge in [0.05, 0.1) is 4.92 Å². The van der Waals surface area contributed by atoms with Crippen molar-refractivity contribution in [1.82, 2.24) is 0 Å². The third-order valence-electron chi connectivity index (χ3n) is 6.86. The molecule has 0 spiro atoms. The van der Waals surface area contributed by atoms with Gasteiger partial charge in [-0.15, -0.1) is 0 Å². The Morgan fingerprint density at radius 3 is 2.06 bits per heavy atom. The van der Waals surface area contributed by atoms with Gasteiger partial charge in [-0.1, -0.05) is 60.7 Å². The first-order valence-electron chi connectivity index (χ1n) is 11.9. The molecule has 0 saturated carbocycles. The van der Waals surface area contributed by atoms with Gasteiger partial charge in [0.1, 0.15) is 0 Å². The number of nitrogens with zero attached hydrogens (tertiary/aromatic N) is 1. The van der Waals surface area contributed by atoms with E-state index in [-0.39, 0.29) is 10.6 Å². The molecule has 0 fully saturated rings. The summed E-state index contributed by atoms with van der Waals surface area (Å²) < 4.78 is 0. The number of hydrogen-bond donors (Lipinski definition) is 1. The largest absolute Gasteiger partial charge is 0.399 e. The average molecular weight is 449 g/mol. The van der Waals surface area contributed by atoms with E-state index in [2.05, 4.69) is 48.5 Å². The van der Waals surface area contributed by atoms with Crippen LogP contribution in [0.2, 0.25) is 0 Å². The van der Waals surface area contributed by atoms with E-state index in [1.54, 1.807) is 12.1 Å². The van der Waals surface area contributed by atoms with Crippen molar-refractivity contribution < 1.29 is 4.92 Å². The maximum Gasteiger partial charge on any atom is 0.269 e. The van der Waals surface area contributed by atoms with Crippen LogP contribution in [0.3, 0.4) is 0 Å². The lowest BCUT2D eigenvalue weighted by Crippen LogP contribution is -2.04. The molecule has 4 bridgehead atoms. The number of nitrogen functional groups attached to an aromatic ring is 1. The van der Waals surface area contributed by atoms with Gasteiger partial charge in [-0.3, -0.25) is 10.1 Å².